The molecule has 2 heterocycles. The molecule has 0 unspecified atom stereocenters. The van der Waals surface area contributed by atoms with E-state index < -0.39 is 0 Å². The summed E-state index contributed by atoms with van der Waals surface area (Å²) in [4.78, 5) is 0. The number of nitrogens with one attached hydrogen (secondary N) is 4. The molecule has 14 heavy (non-hydrogen) atoms. The molecule has 0 aromatic carbocycles. The molecule has 0 aromatic heterocycles. The van der Waals surface area contributed by atoms with E-state index >= 15 is 0 Å². The average molecular weight is 183 g/mol. The molecule has 0 aromatic rings. The Morgan fingerprint density at radius 2 is 1.00 bits per heavy atom. The molecular formula is C2H10B6N6. The highest BCUT2D eigenvalue weighted by Gasteiger charge is 2.35. The Bertz CT molecular complexity index is 157. The first kappa shape index (κ1) is 10.7. The van der Waals surface area contributed by atoms with Gasteiger partial charge in [0.05, 0.1) is 0 Å². The van der Waals surface area contributed by atoms with Crippen molar-refractivity contribution in [1.29, 1.82) is 0 Å². The van der Waals surface area contributed by atoms with Gasteiger partial charge in [0.15, 0.2) is 0 Å². The van der Waals surface area contributed by atoms with Crippen LogP contribution in [0, 0.1) is 0 Å². The second-order valence-corrected chi connectivity index (χ2v) is 3.47. The first-order valence-corrected chi connectivity index (χ1v) is 4.57. The van der Waals surface area contributed by atoms with Crippen molar-refractivity contribution in [2.75, 3.05) is 14.1 Å². The van der Waals surface area contributed by atoms with Crippen LogP contribution in [-0.2, 0) is 0 Å². The molecule has 2 rings (SSSR count). The van der Waals surface area contributed by atoms with Crippen molar-refractivity contribution in [3.63, 3.8) is 0 Å². The van der Waals surface area contributed by atoms with Gasteiger partial charge in [0.1, 0.15) is 0 Å². The molecule has 0 aliphatic carbocycles. The molecule has 66 valence electrons. The fourth-order valence-corrected chi connectivity index (χ4v) is 1.35. The molecule has 0 amide bonds. The van der Waals surface area contributed by atoms with E-state index in [4.69, 9.17) is 0 Å². The van der Waals surface area contributed by atoms with Gasteiger partial charge < -0.3 is 30.0 Å². The second-order valence-electron chi connectivity index (χ2n) is 3.47. The lowest BCUT2D eigenvalue weighted by atomic mass is 9.28. The summed E-state index contributed by atoms with van der Waals surface area (Å²) in [7, 11) is 11.6. The van der Waals surface area contributed by atoms with Crippen LogP contribution in [0.15, 0.2) is 0 Å². The van der Waals surface area contributed by atoms with Crippen LogP contribution in [-0.4, -0.2) is 67.5 Å². The number of nitrogens with zero attached hydrogens (tertiary/aromatic N) is 2. The van der Waals surface area contributed by atoms with Gasteiger partial charge in [-0.2, -0.15) is 0 Å². The Morgan fingerprint density at radius 3 is 1.29 bits per heavy atom. The van der Waals surface area contributed by atoms with Gasteiger partial charge in [-0.3, -0.25) is 0 Å². The van der Waals surface area contributed by atoms with Crippen molar-refractivity contribution >= 4 is 43.9 Å². The maximum Gasteiger partial charge on any atom is 0.286 e. The van der Waals surface area contributed by atoms with Crippen molar-refractivity contribution < 1.29 is 0 Å². The summed E-state index contributed by atoms with van der Waals surface area (Å²) in [5, 5.41) is 12.9. The summed E-state index contributed by atoms with van der Waals surface area (Å²) in [5.41, 5.74) is 0. The minimum absolute atomic E-state index is 0.146. The lowest BCUT2D eigenvalue weighted by Crippen LogP contribution is -2.80. The SMILES string of the molecule is CN1[B]NB(B2N[B]N(C)[B]N2)N[B]1. The zero-order valence-electron chi connectivity index (χ0n) is 8.36. The van der Waals surface area contributed by atoms with Gasteiger partial charge in [0, 0.05) is 0 Å². The molecule has 4 radical (unpaired) electrons. The van der Waals surface area contributed by atoms with Crippen molar-refractivity contribution in [3.8, 4) is 0 Å². The van der Waals surface area contributed by atoms with Crippen molar-refractivity contribution in [2.45, 2.75) is 0 Å². The third kappa shape index (κ3) is 2.59. The fourth-order valence-electron chi connectivity index (χ4n) is 1.35. The zero-order chi connectivity index (χ0) is 9.97. The molecule has 0 saturated carbocycles. The van der Waals surface area contributed by atoms with Crippen molar-refractivity contribution in [1.82, 2.24) is 30.0 Å². The van der Waals surface area contributed by atoms with Crippen LogP contribution in [0.2, 0.25) is 0 Å². The number of hydrogen-bond donors (Lipinski definition) is 4. The minimum Gasteiger partial charge on any atom is -0.379 e. The van der Waals surface area contributed by atoms with Crippen LogP contribution in [0.4, 0.5) is 0 Å². The summed E-state index contributed by atoms with van der Waals surface area (Å²) >= 11 is 0. The van der Waals surface area contributed by atoms with Crippen LogP contribution in [0.25, 0.3) is 0 Å². The van der Waals surface area contributed by atoms with E-state index in [9.17, 15) is 0 Å². The van der Waals surface area contributed by atoms with Gasteiger partial charge >= 0.3 is 0 Å². The van der Waals surface area contributed by atoms with Crippen LogP contribution in [0.1, 0.15) is 0 Å². The molecule has 6 nitrogen and oxygen atoms in total. The second kappa shape index (κ2) is 4.78. The van der Waals surface area contributed by atoms with Gasteiger partial charge in [0.25, 0.3) is 43.9 Å². The lowest BCUT2D eigenvalue weighted by Gasteiger charge is -2.35. The standard InChI is InChI=1S/C2H10B6N6/c1-13-3-9-7(10-4-13)8-11-5-14(2)6-12-8/h9-12H,1-2H3. The van der Waals surface area contributed by atoms with Crippen molar-refractivity contribution in [3.05, 3.63) is 0 Å². The molecule has 12 heteroatoms. The molecule has 2 saturated heterocycles. The Morgan fingerprint density at radius 1 is 0.714 bits per heavy atom. The third-order valence-electron chi connectivity index (χ3n) is 2.16. The van der Waals surface area contributed by atoms with E-state index in [1.165, 1.54) is 0 Å². The smallest absolute Gasteiger partial charge is 0.286 e. The predicted octanol–water partition coefficient (Wildman–Crippen LogP) is -4.57. The van der Waals surface area contributed by atoms with Crippen LogP contribution >= 0.6 is 0 Å². The molecule has 4 N–H and O–H groups in total. The molecule has 2 fully saturated rings. The highest BCUT2D eigenvalue weighted by molar-refractivity contribution is 7.24. The molecular weight excluding hydrogens is 173 g/mol. The molecule has 0 bridgehead atoms. The normalized spacial score (nSPS) is 24.7. The van der Waals surface area contributed by atoms with Gasteiger partial charge in [-0.1, -0.05) is 0 Å². The number of hydrogen-bond acceptors (Lipinski definition) is 6. The Labute approximate surface area is 88.7 Å². The summed E-state index contributed by atoms with van der Waals surface area (Å²) in [5.74, 6) is 0. The number of rotatable bonds is 1. The Kier molecular flexibility index (Phi) is 3.64. The predicted molar refractivity (Wildman–Crippen MR) is 62.6 cm³/mol. The van der Waals surface area contributed by atoms with Gasteiger partial charge in [0.2, 0.25) is 0 Å². The molecule has 0 atom stereocenters. The van der Waals surface area contributed by atoms with E-state index in [0.29, 0.717) is 0 Å². The maximum absolute atomic E-state index is 3.23. The largest absolute Gasteiger partial charge is 0.379 e. The summed E-state index contributed by atoms with van der Waals surface area (Å²) in [6, 6.07) is 0. The monoisotopic (exact) mass is 184 g/mol. The van der Waals surface area contributed by atoms with E-state index in [0.717, 1.165) is 0 Å². The van der Waals surface area contributed by atoms with E-state index in [1.54, 1.807) is 0 Å². The zero-order valence-corrected chi connectivity index (χ0v) is 8.36. The van der Waals surface area contributed by atoms with Gasteiger partial charge in [-0.25, -0.2) is 0 Å². The summed E-state index contributed by atoms with van der Waals surface area (Å²) < 4.78 is 3.86. The van der Waals surface area contributed by atoms with E-state index in [-0.39, 0.29) is 13.7 Å². The van der Waals surface area contributed by atoms with Gasteiger partial charge in [-0.15, -0.1) is 0 Å². The maximum atomic E-state index is 3.23. The fraction of sp³-hybridized carbons (Fsp3) is 1.00. The quantitative estimate of drug-likeness (QED) is 0.307. The molecule has 2 aliphatic heterocycles. The topological polar surface area (TPSA) is 54.6 Å². The van der Waals surface area contributed by atoms with E-state index in [1.807, 2.05) is 53.7 Å². The average Bonchev–Trinajstić information content (AvgIpc) is 2.21. The van der Waals surface area contributed by atoms with Crippen LogP contribution in [0.5, 0.6) is 0 Å². The highest BCUT2D eigenvalue weighted by atomic mass is 15.2. The Hall–Kier alpha value is 0.150. The van der Waals surface area contributed by atoms with E-state index in [2.05, 4.69) is 20.6 Å². The van der Waals surface area contributed by atoms with Crippen LogP contribution < -0.4 is 20.6 Å². The van der Waals surface area contributed by atoms with Crippen molar-refractivity contribution in [2.24, 2.45) is 0 Å². The molecule has 0 spiro atoms. The lowest BCUT2D eigenvalue weighted by molar-refractivity contribution is 0.801. The summed E-state index contributed by atoms with van der Waals surface area (Å²) in [6.45, 7) is 0.291. The summed E-state index contributed by atoms with van der Waals surface area (Å²) in [6.07, 6.45) is 0. The highest BCUT2D eigenvalue weighted by Crippen LogP contribution is 1.87. The Balaban J connectivity index is 1.78. The minimum atomic E-state index is 0.146. The first-order chi connectivity index (χ1) is 6.75. The van der Waals surface area contributed by atoms with Gasteiger partial charge in [-0.05, 0) is 14.1 Å². The van der Waals surface area contributed by atoms with Crippen LogP contribution in [0.3, 0.4) is 0 Å². The third-order valence-corrected chi connectivity index (χ3v) is 2.16. The molecule has 2 aliphatic rings. The first-order valence-electron chi connectivity index (χ1n) is 4.57.